The van der Waals surface area contributed by atoms with Crippen LogP contribution in [0.3, 0.4) is 0 Å². The van der Waals surface area contributed by atoms with E-state index in [1.54, 1.807) is 20.3 Å². The number of halogens is 1. The molecule has 0 N–H and O–H groups in total. The summed E-state index contributed by atoms with van der Waals surface area (Å²) in [5, 5.41) is 9.72. The zero-order valence-corrected chi connectivity index (χ0v) is 17.1. The zero-order chi connectivity index (χ0) is 21.3. The van der Waals surface area contributed by atoms with Gasteiger partial charge >= 0.3 is 0 Å². The second-order valence-electron chi connectivity index (χ2n) is 7.46. The van der Waals surface area contributed by atoms with Crippen LogP contribution in [0.4, 0.5) is 4.39 Å². The first kappa shape index (κ1) is 20.5. The minimum atomic E-state index is -1.02. The van der Waals surface area contributed by atoms with Crippen LogP contribution in [0, 0.1) is 17.1 Å². The maximum atomic E-state index is 14.5. The lowest BCUT2D eigenvalue weighted by Crippen LogP contribution is -2.39. The molecule has 1 amide bonds. The van der Waals surface area contributed by atoms with E-state index in [9.17, 15) is 14.4 Å². The van der Waals surface area contributed by atoms with Crippen molar-refractivity contribution < 1.29 is 23.4 Å². The number of amides is 1. The van der Waals surface area contributed by atoms with Crippen LogP contribution in [-0.4, -0.2) is 38.7 Å². The first-order valence-electron chi connectivity index (χ1n) is 9.08. The standard InChI is InChI=1S/C22H23FN2O4/c1-22(2,13-6-8-16(27-3)18(10-13)29-5)12-25-15(11-24)19-14(23)7-9-17(28-4)20(19)21(25)26/h6-10,15H,12H2,1-5H3. The molecule has 152 valence electrons. The number of fused-ring (bicyclic) bond motifs is 1. The number of rotatable bonds is 6. The minimum absolute atomic E-state index is 0.0694. The summed E-state index contributed by atoms with van der Waals surface area (Å²) in [6.45, 7) is 4.11. The number of ether oxygens (including phenoxy) is 3. The van der Waals surface area contributed by atoms with E-state index in [1.165, 1.54) is 24.1 Å². The average Bonchev–Trinajstić information content (AvgIpc) is 3.00. The Morgan fingerprint density at radius 2 is 1.69 bits per heavy atom. The molecule has 6 nitrogen and oxygen atoms in total. The molecule has 0 spiro atoms. The quantitative estimate of drug-likeness (QED) is 0.739. The maximum absolute atomic E-state index is 14.5. The van der Waals surface area contributed by atoms with Gasteiger partial charge in [0.15, 0.2) is 11.5 Å². The summed E-state index contributed by atoms with van der Waals surface area (Å²) in [5.74, 6) is 0.415. The minimum Gasteiger partial charge on any atom is -0.496 e. The van der Waals surface area contributed by atoms with Gasteiger partial charge in [-0.2, -0.15) is 5.26 Å². The van der Waals surface area contributed by atoms with Crippen LogP contribution in [0.25, 0.3) is 0 Å². The largest absolute Gasteiger partial charge is 0.496 e. The molecule has 1 unspecified atom stereocenters. The molecule has 0 radical (unpaired) electrons. The molecule has 0 saturated carbocycles. The monoisotopic (exact) mass is 398 g/mol. The average molecular weight is 398 g/mol. The Balaban J connectivity index is 2.00. The summed E-state index contributed by atoms with van der Waals surface area (Å²) in [6.07, 6.45) is 0. The van der Waals surface area contributed by atoms with Gasteiger partial charge in [-0.05, 0) is 29.8 Å². The van der Waals surface area contributed by atoms with Crippen molar-refractivity contribution >= 4 is 5.91 Å². The molecule has 1 aliphatic heterocycles. The first-order chi connectivity index (χ1) is 13.8. The Bertz CT molecular complexity index is 997. The highest BCUT2D eigenvalue weighted by Crippen LogP contribution is 2.42. The van der Waals surface area contributed by atoms with Crippen LogP contribution in [-0.2, 0) is 5.41 Å². The zero-order valence-electron chi connectivity index (χ0n) is 17.1. The molecule has 1 aliphatic rings. The molecule has 1 atom stereocenters. The van der Waals surface area contributed by atoms with Gasteiger partial charge in [-0.1, -0.05) is 19.9 Å². The van der Waals surface area contributed by atoms with Crippen molar-refractivity contribution in [3.8, 4) is 23.3 Å². The van der Waals surface area contributed by atoms with Gasteiger partial charge in [0.1, 0.15) is 17.6 Å². The number of nitrogens with zero attached hydrogens (tertiary/aromatic N) is 2. The van der Waals surface area contributed by atoms with Crippen LogP contribution in [0.1, 0.15) is 41.4 Å². The van der Waals surface area contributed by atoms with Crippen LogP contribution in [0.5, 0.6) is 17.2 Å². The Labute approximate surface area is 169 Å². The Kier molecular flexibility index (Phi) is 5.38. The van der Waals surface area contributed by atoms with Gasteiger partial charge < -0.3 is 19.1 Å². The van der Waals surface area contributed by atoms with Gasteiger partial charge in [-0.25, -0.2) is 4.39 Å². The van der Waals surface area contributed by atoms with Crippen molar-refractivity contribution in [3.63, 3.8) is 0 Å². The van der Waals surface area contributed by atoms with Crippen molar-refractivity contribution in [1.82, 2.24) is 4.90 Å². The van der Waals surface area contributed by atoms with Crippen LogP contribution < -0.4 is 14.2 Å². The Morgan fingerprint density at radius 1 is 1.07 bits per heavy atom. The molecule has 0 saturated heterocycles. The van der Waals surface area contributed by atoms with E-state index < -0.39 is 23.2 Å². The number of methoxy groups -OCH3 is 3. The van der Waals surface area contributed by atoms with Gasteiger partial charge in [0, 0.05) is 17.5 Å². The predicted molar refractivity (Wildman–Crippen MR) is 105 cm³/mol. The van der Waals surface area contributed by atoms with Gasteiger partial charge in [-0.15, -0.1) is 0 Å². The topological polar surface area (TPSA) is 71.8 Å². The smallest absolute Gasteiger partial charge is 0.259 e. The van der Waals surface area contributed by atoms with Crippen molar-refractivity contribution in [2.75, 3.05) is 27.9 Å². The van der Waals surface area contributed by atoms with Crippen LogP contribution >= 0.6 is 0 Å². The molecule has 2 aromatic rings. The highest BCUT2D eigenvalue weighted by atomic mass is 19.1. The molecule has 7 heteroatoms. The SMILES string of the molecule is COc1ccc(C(C)(C)CN2C(=O)c3c(OC)ccc(F)c3C2C#N)cc1OC. The fourth-order valence-corrected chi connectivity index (χ4v) is 3.72. The van der Waals surface area contributed by atoms with E-state index in [0.29, 0.717) is 11.5 Å². The lowest BCUT2D eigenvalue weighted by molar-refractivity contribution is 0.0719. The molecule has 2 aromatic carbocycles. The third-order valence-corrected chi connectivity index (χ3v) is 5.29. The molecule has 1 heterocycles. The molecular formula is C22H23FN2O4. The van der Waals surface area contributed by atoms with Crippen LogP contribution in [0.15, 0.2) is 30.3 Å². The van der Waals surface area contributed by atoms with E-state index in [4.69, 9.17) is 14.2 Å². The number of nitriles is 1. The fraction of sp³-hybridized carbons (Fsp3) is 0.364. The van der Waals surface area contributed by atoms with Gasteiger partial charge in [-0.3, -0.25) is 4.79 Å². The lowest BCUT2D eigenvalue weighted by atomic mass is 9.83. The fourth-order valence-electron chi connectivity index (χ4n) is 3.72. The van der Waals surface area contributed by atoms with E-state index >= 15 is 0 Å². The van der Waals surface area contributed by atoms with E-state index in [1.807, 2.05) is 26.0 Å². The van der Waals surface area contributed by atoms with Crippen molar-refractivity contribution in [1.29, 1.82) is 5.26 Å². The molecule has 0 aromatic heterocycles. The third-order valence-electron chi connectivity index (χ3n) is 5.29. The summed E-state index contributed by atoms with van der Waals surface area (Å²) >= 11 is 0. The first-order valence-corrected chi connectivity index (χ1v) is 9.08. The van der Waals surface area contributed by atoms with Gasteiger partial charge in [0.25, 0.3) is 5.91 Å². The third kappa shape index (κ3) is 3.35. The summed E-state index contributed by atoms with van der Waals surface area (Å²) in [5.41, 5.74) is 0.529. The van der Waals surface area contributed by atoms with E-state index in [2.05, 4.69) is 6.07 Å². The van der Waals surface area contributed by atoms with Gasteiger partial charge in [0.2, 0.25) is 0 Å². The summed E-state index contributed by atoms with van der Waals surface area (Å²) in [6, 6.07) is 9.20. The second-order valence-corrected chi connectivity index (χ2v) is 7.46. The van der Waals surface area contributed by atoms with Crippen molar-refractivity contribution in [2.24, 2.45) is 0 Å². The van der Waals surface area contributed by atoms with E-state index in [0.717, 1.165) is 5.56 Å². The number of hydrogen-bond donors (Lipinski definition) is 0. The Morgan fingerprint density at radius 3 is 2.28 bits per heavy atom. The maximum Gasteiger partial charge on any atom is 0.259 e. The number of hydrogen-bond acceptors (Lipinski definition) is 5. The lowest BCUT2D eigenvalue weighted by Gasteiger charge is -2.32. The van der Waals surface area contributed by atoms with Crippen molar-refractivity contribution in [3.05, 3.63) is 52.8 Å². The molecular weight excluding hydrogens is 375 g/mol. The normalized spacial score (nSPS) is 15.7. The van der Waals surface area contributed by atoms with Gasteiger partial charge in [0.05, 0.1) is 33.0 Å². The summed E-state index contributed by atoms with van der Waals surface area (Å²) in [4.78, 5) is 14.5. The molecule has 3 rings (SSSR count). The highest BCUT2D eigenvalue weighted by molar-refractivity contribution is 6.02. The molecule has 0 fully saturated rings. The van der Waals surface area contributed by atoms with E-state index in [-0.39, 0.29) is 23.4 Å². The summed E-state index contributed by atoms with van der Waals surface area (Å²) < 4.78 is 30.4. The molecule has 0 bridgehead atoms. The number of carbonyl (C=O) groups is 1. The summed E-state index contributed by atoms with van der Waals surface area (Å²) in [7, 11) is 4.52. The number of benzene rings is 2. The number of carbonyl (C=O) groups excluding carboxylic acids is 1. The Hall–Kier alpha value is -3.27. The molecule has 29 heavy (non-hydrogen) atoms. The molecule has 0 aliphatic carbocycles. The predicted octanol–water partition coefficient (Wildman–Crippen LogP) is 3.85. The highest BCUT2D eigenvalue weighted by Gasteiger charge is 2.43. The second kappa shape index (κ2) is 7.63. The van der Waals surface area contributed by atoms with Crippen LogP contribution in [0.2, 0.25) is 0 Å². The van der Waals surface area contributed by atoms with Crippen molar-refractivity contribution in [2.45, 2.75) is 25.3 Å².